The van der Waals surface area contributed by atoms with Gasteiger partial charge in [0.25, 0.3) is 0 Å². The van der Waals surface area contributed by atoms with E-state index in [4.69, 9.17) is 4.74 Å². The highest BCUT2D eigenvalue weighted by Crippen LogP contribution is 2.49. The number of ether oxygens (including phenoxy) is 1. The number of carbonyl (C=O) groups is 1. The number of phenols is 2. The van der Waals surface area contributed by atoms with Crippen molar-refractivity contribution >= 4 is 28.5 Å². The Morgan fingerprint density at radius 3 is 1.56 bits per heavy atom. The first-order valence-corrected chi connectivity index (χ1v) is 17.2. The molecule has 50 heavy (non-hydrogen) atoms. The van der Waals surface area contributed by atoms with Crippen molar-refractivity contribution in [3.63, 3.8) is 0 Å². The number of hydrogen-bond donors (Lipinski definition) is 2. The summed E-state index contributed by atoms with van der Waals surface area (Å²) in [5.41, 5.74) is 9.04. The van der Waals surface area contributed by atoms with Crippen molar-refractivity contribution in [1.29, 1.82) is 0 Å². The van der Waals surface area contributed by atoms with Gasteiger partial charge in [0.05, 0.1) is 5.56 Å². The number of benzene rings is 6. The van der Waals surface area contributed by atoms with Crippen LogP contribution in [0.2, 0.25) is 0 Å². The Bertz CT molecular complexity index is 2270. The van der Waals surface area contributed by atoms with Gasteiger partial charge in [0, 0.05) is 26.4 Å². The second kappa shape index (κ2) is 12.7. The van der Waals surface area contributed by atoms with Gasteiger partial charge in [0.2, 0.25) is 0 Å². The van der Waals surface area contributed by atoms with E-state index >= 15 is 0 Å². The largest absolute Gasteiger partial charge is 0.508 e. The van der Waals surface area contributed by atoms with Crippen molar-refractivity contribution in [2.45, 2.75) is 12.5 Å². The lowest BCUT2D eigenvalue weighted by molar-refractivity contribution is 0.0251. The molecule has 2 N–H and O–H groups in total. The summed E-state index contributed by atoms with van der Waals surface area (Å²) in [6, 6.07) is 53.1. The first-order chi connectivity index (χ1) is 24.4. The Hall–Kier alpha value is -6.17. The molecule has 0 amide bonds. The molecule has 0 fully saturated rings. The van der Waals surface area contributed by atoms with Gasteiger partial charge in [-0.3, -0.25) is 0 Å². The molecule has 0 radical (unpaired) electrons. The number of fused-ring (bicyclic) bond motifs is 1. The van der Waals surface area contributed by atoms with E-state index in [2.05, 4.69) is 85.8 Å². The summed E-state index contributed by atoms with van der Waals surface area (Å²) in [6.07, 6.45) is 0. The lowest BCUT2D eigenvalue weighted by atomic mass is 9.79. The molecule has 0 unspecified atom stereocenters. The van der Waals surface area contributed by atoms with Crippen molar-refractivity contribution in [3.05, 3.63) is 213 Å². The Kier molecular flexibility index (Phi) is 7.90. The molecule has 1 aliphatic heterocycles. The molecule has 2 heterocycles. The van der Waals surface area contributed by atoms with Crippen LogP contribution in [0.1, 0.15) is 54.2 Å². The minimum atomic E-state index is -1.24. The second-order valence-electron chi connectivity index (χ2n) is 12.4. The highest BCUT2D eigenvalue weighted by atomic mass is 32.1. The number of carbonyl (C=O) groups excluding carboxylic acids is 1. The Morgan fingerprint density at radius 1 is 0.580 bits per heavy atom. The summed E-state index contributed by atoms with van der Waals surface area (Å²) in [5, 5.41) is 20.1. The van der Waals surface area contributed by atoms with Crippen LogP contribution in [0.3, 0.4) is 0 Å². The van der Waals surface area contributed by atoms with E-state index in [0.29, 0.717) is 22.3 Å². The van der Waals surface area contributed by atoms with Crippen molar-refractivity contribution < 1.29 is 19.7 Å². The summed E-state index contributed by atoms with van der Waals surface area (Å²) in [6.45, 7) is 2.16. The fourth-order valence-corrected chi connectivity index (χ4v) is 8.01. The summed E-state index contributed by atoms with van der Waals surface area (Å²) in [5.74, 6) is -0.202. The highest BCUT2D eigenvalue weighted by Gasteiger charge is 2.48. The van der Waals surface area contributed by atoms with Gasteiger partial charge in [0.1, 0.15) is 11.5 Å². The van der Waals surface area contributed by atoms with Gasteiger partial charge in [-0.1, -0.05) is 127 Å². The van der Waals surface area contributed by atoms with Crippen LogP contribution >= 0.6 is 11.3 Å². The minimum Gasteiger partial charge on any atom is -0.508 e. The van der Waals surface area contributed by atoms with E-state index in [1.165, 1.54) is 0 Å². The molecule has 0 saturated heterocycles. The average molecular weight is 669 g/mol. The van der Waals surface area contributed by atoms with Crippen LogP contribution in [0.15, 0.2) is 164 Å². The fraction of sp³-hybridized carbons (Fsp3) is 0.0444. The normalized spacial score (nSPS) is 13.0. The number of esters is 1. The summed E-state index contributed by atoms with van der Waals surface area (Å²) in [4.78, 5) is 16.0. The Labute approximate surface area is 294 Å². The standard InChI is InChI=1S/C45H32O4S/c1-29-38(43(32-15-9-4-10-16-32)42(30-11-5-2-6-12-30)31-13-7-3-8-14-31)28-41(50-29)33-17-26-40-39(27-33)44(48)49-45(40,34-18-22-36(46)23-19-34)35-20-24-37(47)25-21-35/h2-28,46-47H,1H3. The van der Waals surface area contributed by atoms with Crippen LogP contribution < -0.4 is 0 Å². The van der Waals surface area contributed by atoms with Crippen LogP contribution in [-0.4, -0.2) is 16.2 Å². The molecule has 6 aromatic carbocycles. The van der Waals surface area contributed by atoms with E-state index in [1.54, 1.807) is 59.9 Å². The van der Waals surface area contributed by atoms with Crippen molar-refractivity contribution in [3.8, 4) is 21.9 Å². The maximum Gasteiger partial charge on any atom is 0.340 e. The van der Waals surface area contributed by atoms with E-state index in [1.807, 2.05) is 36.4 Å². The van der Waals surface area contributed by atoms with Crippen LogP contribution in [-0.2, 0) is 10.3 Å². The van der Waals surface area contributed by atoms with Gasteiger partial charge in [-0.25, -0.2) is 4.79 Å². The first kappa shape index (κ1) is 31.1. The molecule has 5 heteroatoms. The van der Waals surface area contributed by atoms with E-state index in [9.17, 15) is 15.0 Å². The third kappa shape index (κ3) is 5.38. The van der Waals surface area contributed by atoms with Crippen LogP contribution in [0.4, 0.5) is 0 Å². The lowest BCUT2D eigenvalue weighted by Crippen LogP contribution is -2.29. The maximum absolute atomic E-state index is 13.8. The van der Waals surface area contributed by atoms with Crippen LogP contribution in [0.25, 0.3) is 21.6 Å². The topological polar surface area (TPSA) is 66.8 Å². The van der Waals surface area contributed by atoms with E-state index in [-0.39, 0.29) is 11.5 Å². The second-order valence-corrected chi connectivity index (χ2v) is 13.6. The maximum atomic E-state index is 13.8. The predicted octanol–water partition coefficient (Wildman–Crippen LogP) is 10.6. The van der Waals surface area contributed by atoms with Crippen molar-refractivity contribution in [1.82, 2.24) is 0 Å². The van der Waals surface area contributed by atoms with Gasteiger partial charge >= 0.3 is 5.97 Å². The quantitative estimate of drug-likeness (QED) is 0.131. The van der Waals surface area contributed by atoms with Crippen molar-refractivity contribution in [2.24, 2.45) is 0 Å². The summed E-state index contributed by atoms with van der Waals surface area (Å²) >= 11 is 1.70. The smallest absolute Gasteiger partial charge is 0.340 e. The number of aryl methyl sites for hydroxylation is 1. The SMILES string of the molecule is Cc1sc(-c2ccc3c(c2)C(=O)OC3(c2ccc(O)cc2)c2ccc(O)cc2)cc1C(=C(c1ccccc1)c1ccccc1)c1ccccc1. The molecule has 0 spiro atoms. The fourth-order valence-electron chi connectivity index (χ4n) is 6.99. The molecule has 0 aliphatic carbocycles. The number of aromatic hydroxyl groups is 2. The molecule has 0 saturated carbocycles. The number of hydrogen-bond acceptors (Lipinski definition) is 5. The number of phenolic OH excluding ortho intramolecular Hbond substituents is 2. The summed E-state index contributed by atoms with van der Waals surface area (Å²) < 4.78 is 6.31. The highest BCUT2D eigenvalue weighted by molar-refractivity contribution is 7.15. The molecule has 4 nitrogen and oxygen atoms in total. The zero-order chi connectivity index (χ0) is 34.2. The average Bonchev–Trinajstić information content (AvgIpc) is 3.69. The molecule has 0 atom stereocenters. The minimum absolute atomic E-state index is 0.116. The zero-order valence-electron chi connectivity index (χ0n) is 27.2. The third-order valence-electron chi connectivity index (χ3n) is 9.32. The van der Waals surface area contributed by atoms with Crippen LogP contribution in [0, 0.1) is 6.92 Å². The number of rotatable bonds is 7. The molecule has 1 aliphatic rings. The predicted molar refractivity (Wildman–Crippen MR) is 200 cm³/mol. The van der Waals surface area contributed by atoms with Gasteiger partial charge in [-0.2, -0.15) is 0 Å². The molecule has 242 valence electrons. The van der Waals surface area contributed by atoms with Gasteiger partial charge in [-0.15, -0.1) is 11.3 Å². The first-order valence-electron chi connectivity index (χ1n) is 16.4. The Balaban J connectivity index is 1.30. The molecule has 8 rings (SSSR count). The molecule has 7 aromatic rings. The monoisotopic (exact) mass is 668 g/mol. The lowest BCUT2D eigenvalue weighted by Gasteiger charge is -2.30. The number of thiophene rings is 1. The molecular weight excluding hydrogens is 637 g/mol. The van der Waals surface area contributed by atoms with Crippen molar-refractivity contribution in [2.75, 3.05) is 0 Å². The zero-order valence-corrected chi connectivity index (χ0v) is 28.0. The van der Waals surface area contributed by atoms with Crippen LogP contribution in [0.5, 0.6) is 11.5 Å². The molecule has 0 bridgehead atoms. The van der Waals surface area contributed by atoms with Gasteiger partial charge in [0.15, 0.2) is 5.60 Å². The van der Waals surface area contributed by atoms with E-state index < -0.39 is 11.6 Å². The third-order valence-corrected chi connectivity index (χ3v) is 10.4. The number of cyclic esters (lactones) is 1. The van der Waals surface area contributed by atoms with Gasteiger partial charge < -0.3 is 14.9 Å². The van der Waals surface area contributed by atoms with E-state index in [0.717, 1.165) is 48.7 Å². The Morgan fingerprint density at radius 2 is 1.06 bits per heavy atom. The summed E-state index contributed by atoms with van der Waals surface area (Å²) in [7, 11) is 0. The molecular formula is C45H32O4S. The van der Waals surface area contributed by atoms with Gasteiger partial charge in [-0.05, 0) is 82.3 Å². The molecule has 1 aromatic heterocycles.